The molecule has 2 saturated heterocycles. The molecule has 0 spiro atoms. The summed E-state index contributed by atoms with van der Waals surface area (Å²) in [6.45, 7) is 5.99. The van der Waals surface area contributed by atoms with E-state index in [4.69, 9.17) is 24.3 Å². The van der Waals surface area contributed by atoms with Gasteiger partial charge in [-0.25, -0.2) is 18.4 Å². The molecule has 2 fully saturated rings. The van der Waals surface area contributed by atoms with E-state index in [9.17, 15) is 9.67 Å². The monoisotopic (exact) mass is 448 g/mol. The molecule has 4 heterocycles. The number of anilines is 1. The van der Waals surface area contributed by atoms with Crippen molar-refractivity contribution in [2.45, 2.75) is 57.6 Å². The van der Waals surface area contributed by atoms with Crippen LogP contribution >= 0.6 is 7.82 Å². The van der Waals surface area contributed by atoms with E-state index in [0.717, 1.165) is 0 Å². The quantitative estimate of drug-likeness (QED) is 0.503. The lowest BCUT2D eigenvalue weighted by molar-refractivity contribution is -0.226. The number of aliphatic hydroxyl groups is 2. The minimum atomic E-state index is -3.98. The van der Waals surface area contributed by atoms with Gasteiger partial charge in [0.1, 0.15) is 12.2 Å². The summed E-state index contributed by atoms with van der Waals surface area (Å²) >= 11 is 0. The van der Waals surface area contributed by atoms with Gasteiger partial charge in [0.25, 0.3) is 5.85 Å². The fraction of sp³-hybridized carbons (Fsp3) is 0.688. The first-order chi connectivity index (χ1) is 14.0. The van der Waals surface area contributed by atoms with Gasteiger partial charge in [0.15, 0.2) is 29.6 Å². The number of ether oxygens (including phenoxy) is 2. The van der Waals surface area contributed by atoms with Crippen molar-refractivity contribution in [3.63, 3.8) is 0 Å². The second-order valence-electron chi connectivity index (χ2n) is 7.56. The summed E-state index contributed by atoms with van der Waals surface area (Å²) in [4.78, 5) is 12.3. The fourth-order valence-corrected chi connectivity index (χ4v) is 5.28. The largest absolute Gasteiger partial charge is 0.636 e. The Labute approximate surface area is 171 Å². The predicted molar refractivity (Wildman–Crippen MR) is 101 cm³/mol. The molecular weight excluding hydrogens is 424 g/mol. The van der Waals surface area contributed by atoms with Crippen molar-refractivity contribution in [3.05, 3.63) is 6.33 Å². The lowest BCUT2D eigenvalue weighted by Gasteiger charge is -2.35. The molecule has 2 aliphatic heterocycles. The highest BCUT2D eigenvalue weighted by atomic mass is 31.2. The zero-order valence-electron chi connectivity index (χ0n) is 16.9. The number of hydrogen-bond donors (Lipinski definition) is 2. The number of nitrogens with two attached hydrogens (primary N) is 1. The lowest BCUT2D eigenvalue weighted by atomic mass is 9.95. The van der Waals surface area contributed by atoms with Crippen molar-refractivity contribution in [2.24, 2.45) is 0 Å². The van der Waals surface area contributed by atoms with Crippen molar-refractivity contribution >= 4 is 24.9 Å². The van der Waals surface area contributed by atoms with Crippen LogP contribution in [0, 0.1) is 0 Å². The Kier molecular flexibility index (Phi) is 5.03. The Bertz CT molecular complexity index is 1020. The molecule has 4 rings (SSSR count). The van der Waals surface area contributed by atoms with Crippen LogP contribution in [0.15, 0.2) is 6.33 Å². The van der Waals surface area contributed by atoms with Crippen LogP contribution in [0.4, 0.5) is 10.3 Å². The zero-order valence-corrected chi connectivity index (χ0v) is 17.7. The topological polar surface area (TPSA) is 157 Å². The van der Waals surface area contributed by atoms with Crippen LogP contribution in [0.5, 0.6) is 5.88 Å². The van der Waals surface area contributed by atoms with Gasteiger partial charge in [0.05, 0.1) is 12.9 Å². The van der Waals surface area contributed by atoms with Gasteiger partial charge in [-0.15, -0.1) is 0 Å². The summed E-state index contributed by atoms with van der Waals surface area (Å²) in [7, 11) is -3.98. The Morgan fingerprint density at radius 3 is 2.93 bits per heavy atom. The summed E-state index contributed by atoms with van der Waals surface area (Å²) in [6.07, 6.45) is -2.09. The van der Waals surface area contributed by atoms with Crippen molar-refractivity contribution in [1.82, 2.24) is 19.5 Å². The molecule has 4 N–H and O–H groups in total. The second-order valence-corrected chi connectivity index (χ2v) is 9.20. The molecule has 30 heavy (non-hydrogen) atoms. The van der Waals surface area contributed by atoms with Crippen LogP contribution in [0.2, 0.25) is 0 Å². The van der Waals surface area contributed by atoms with Crippen molar-refractivity contribution < 1.29 is 37.1 Å². The highest BCUT2D eigenvalue weighted by Gasteiger charge is 2.70. The zero-order chi connectivity index (χ0) is 21.9. The van der Waals surface area contributed by atoms with Gasteiger partial charge in [-0.1, -0.05) is 0 Å². The first-order valence-electron chi connectivity index (χ1n) is 9.36. The molecule has 0 amide bonds. The summed E-state index contributed by atoms with van der Waals surface area (Å²) < 4.78 is 54.9. The molecule has 0 saturated carbocycles. The van der Waals surface area contributed by atoms with E-state index in [0.29, 0.717) is 6.61 Å². The van der Waals surface area contributed by atoms with Crippen LogP contribution in [-0.2, 0) is 18.3 Å². The van der Waals surface area contributed by atoms with Gasteiger partial charge in [0, 0.05) is 13.8 Å². The minimum Gasteiger partial charge on any atom is -0.476 e. The average Bonchev–Trinajstić information content (AvgIpc) is 3.13. The average molecular weight is 448 g/mol. The van der Waals surface area contributed by atoms with Gasteiger partial charge in [-0.2, -0.15) is 14.5 Å². The van der Waals surface area contributed by atoms with E-state index in [2.05, 4.69) is 19.5 Å². The SMILES string of the molecule is CCOc1nc(N)nc2c1ncn2[C@@H]1O[C@]2(F)COP(=O)([OH+]C(C)C)O[C@H]2[C@@]1(C)O. The molecule has 5 atom stereocenters. The third-order valence-corrected chi connectivity index (χ3v) is 6.38. The number of rotatable bonds is 5. The number of alkyl halides is 1. The van der Waals surface area contributed by atoms with Crippen molar-refractivity contribution in [1.29, 1.82) is 0 Å². The van der Waals surface area contributed by atoms with E-state index >= 15 is 4.39 Å². The Morgan fingerprint density at radius 1 is 1.53 bits per heavy atom. The standard InChI is InChI=1S/C16H23FN5O7P/c1-5-25-11-9-10(20-14(18)21-11)22(7-19-9)13-15(4,23)12-16(17,27-13)6-26-30(24,29-12)28-8(2)3/h7-8,12-13,23H,5-6H2,1-4H3,(H2,18,20,21)/p+1/t12-,13+,15+,16+,30?/m0/s1. The molecule has 0 bridgehead atoms. The molecule has 0 aromatic carbocycles. The number of aromatic nitrogens is 4. The van der Waals surface area contributed by atoms with Crippen LogP contribution in [0.25, 0.3) is 11.2 Å². The van der Waals surface area contributed by atoms with Gasteiger partial charge in [-0.3, -0.25) is 4.57 Å². The van der Waals surface area contributed by atoms with Crippen LogP contribution in [0.3, 0.4) is 0 Å². The molecular formula is C16H24FN5O7P+. The maximum atomic E-state index is 15.5. The minimum absolute atomic E-state index is 0.0995. The molecule has 0 radical (unpaired) electrons. The van der Waals surface area contributed by atoms with E-state index in [1.165, 1.54) is 17.8 Å². The number of halogens is 1. The van der Waals surface area contributed by atoms with Gasteiger partial charge < -0.3 is 24.8 Å². The highest BCUT2D eigenvalue weighted by Crippen LogP contribution is 2.61. The highest BCUT2D eigenvalue weighted by molar-refractivity contribution is 7.48. The van der Waals surface area contributed by atoms with Crippen LogP contribution in [-0.4, -0.2) is 66.0 Å². The normalized spacial score (nSPS) is 36.4. The number of nitrogen functional groups attached to an aromatic ring is 1. The molecule has 14 heteroatoms. The van der Waals surface area contributed by atoms with E-state index in [1.807, 2.05) is 0 Å². The number of fused-ring (bicyclic) bond motifs is 2. The van der Waals surface area contributed by atoms with Crippen LogP contribution in [0.1, 0.15) is 33.9 Å². The number of imidazole rings is 1. The molecule has 2 aliphatic rings. The third kappa shape index (κ3) is 3.35. The molecule has 2 aromatic heterocycles. The summed E-state index contributed by atoms with van der Waals surface area (Å²) in [6, 6.07) is 0. The van der Waals surface area contributed by atoms with Crippen molar-refractivity contribution in [3.8, 4) is 5.88 Å². The van der Waals surface area contributed by atoms with Gasteiger partial charge in [0.2, 0.25) is 11.8 Å². The van der Waals surface area contributed by atoms with Gasteiger partial charge in [-0.05, 0) is 13.8 Å². The first-order valence-corrected chi connectivity index (χ1v) is 10.9. The Hall–Kier alpha value is -1.89. The molecule has 166 valence electrons. The van der Waals surface area contributed by atoms with E-state index in [-0.39, 0.29) is 29.1 Å². The van der Waals surface area contributed by atoms with E-state index in [1.54, 1.807) is 20.8 Å². The smallest absolute Gasteiger partial charge is 0.476 e. The summed E-state index contributed by atoms with van der Waals surface area (Å²) in [5, 5.41) is 11.2. The van der Waals surface area contributed by atoms with Gasteiger partial charge >= 0.3 is 7.82 Å². The number of hydrogen-bond acceptors (Lipinski definition) is 10. The summed E-state index contributed by atoms with van der Waals surface area (Å²) in [5.74, 6) is -2.53. The predicted octanol–water partition coefficient (Wildman–Crippen LogP) is 1.21. The fourth-order valence-electron chi connectivity index (χ4n) is 3.56. The molecule has 0 aliphatic carbocycles. The summed E-state index contributed by atoms with van der Waals surface area (Å²) in [5.41, 5.74) is 4.19. The molecule has 12 nitrogen and oxygen atoms in total. The Morgan fingerprint density at radius 2 is 2.27 bits per heavy atom. The maximum absolute atomic E-state index is 15.5. The third-order valence-electron chi connectivity index (χ3n) is 4.71. The maximum Gasteiger partial charge on any atom is 0.636 e. The van der Waals surface area contributed by atoms with Crippen LogP contribution < -0.4 is 10.5 Å². The van der Waals surface area contributed by atoms with Crippen molar-refractivity contribution in [2.75, 3.05) is 18.9 Å². The lowest BCUT2D eigenvalue weighted by Crippen LogP contribution is -2.53. The first kappa shape index (κ1) is 21.3. The molecule has 2 aromatic rings. The second kappa shape index (κ2) is 7.08. The number of nitrogens with zero attached hydrogens (tertiary/aromatic N) is 4. The Balaban J connectivity index is 1.74. The molecule has 1 unspecified atom stereocenters. The van der Waals surface area contributed by atoms with E-state index < -0.39 is 38.2 Å².